The van der Waals surface area contributed by atoms with E-state index in [0.717, 1.165) is 17.1 Å². The summed E-state index contributed by atoms with van der Waals surface area (Å²) in [5, 5.41) is 8.79. The van der Waals surface area contributed by atoms with Crippen molar-refractivity contribution in [2.24, 2.45) is 0 Å². The molecule has 1 N–H and O–H groups in total. The van der Waals surface area contributed by atoms with Crippen molar-refractivity contribution in [3.63, 3.8) is 0 Å². The molecule has 0 amide bonds. The van der Waals surface area contributed by atoms with Gasteiger partial charge < -0.3 is 9.67 Å². The Balaban J connectivity index is 2.42. The van der Waals surface area contributed by atoms with E-state index in [1.807, 2.05) is 18.4 Å². The highest BCUT2D eigenvalue weighted by Crippen LogP contribution is 2.14. The summed E-state index contributed by atoms with van der Waals surface area (Å²) in [5.74, 6) is -0.912. The van der Waals surface area contributed by atoms with Crippen LogP contribution < -0.4 is 0 Å². The number of nitrogens with zero attached hydrogens (tertiary/aromatic N) is 2. The molecular formula is C12H12N2O2. The van der Waals surface area contributed by atoms with Crippen LogP contribution in [-0.2, 0) is 0 Å². The fraction of sp³-hybridized carbons (Fsp3) is 0.167. The molecule has 1 aromatic carbocycles. The largest absolute Gasteiger partial charge is 0.478 e. The molecule has 0 fully saturated rings. The quantitative estimate of drug-likeness (QED) is 0.837. The van der Waals surface area contributed by atoms with Crippen molar-refractivity contribution in [1.29, 1.82) is 0 Å². The summed E-state index contributed by atoms with van der Waals surface area (Å²) in [4.78, 5) is 14.9. The Morgan fingerprint density at radius 1 is 1.25 bits per heavy atom. The van der Waals surface area contributed by atoms with E-state index < -0.39 is 5.97 Å². The summed E-state index contributed by atoms with van der Waals surface area (Å²) in [6.45, 7) is 3.92. The maximum Gasteiger partial charge on any atom is 0.335 e. The molecule has 2 aromatic rings. The Hall–Kier alpha value is -2.10. The number of benzene rings is 1. The molecule has 2 rings (SSSR count). The van der Waals surface area contributed by atoms with E-state index in [-0.39, 0.29) is 0 Å². The number of imidazole rings is 1. The van der Waals surface area contributed by atoms with Gasteiger partial charge in [0.15, 0.2) is 0 Å². The molecule has 0 bridgehead atoms. The molecule has 0 aliphatic rings. The van der Waals surface area contributed by atoms with Crippen molar-refractivity contribution in [1.82, 2.24) is 9.55 Å². The molecule has 0 unspecified atom stereocenters. The summed E-state index contributed by atoms with van der Waals surface area (Å²) in [6, 6.07) is 6.73. The highest BCUT2D eigenvalue weighted by atomic mass is 16.4. The number of carbonyl (C=O) groups is 1. The van der Waals surface area contributed by atoms with Gasteiger partial charge in [0.1, 0.15) is 0 Å². The van der Waals surface area contributed by atoms with E-state index in [0.29, 0.717) is 5.56 Å². The second-order valence-electron chi connectivity index (χ2n) is 3.64. The minimum absolute atomic E-state index is 0.290. The maximum atomic E-state index is 10.7. The molecular weight excluding hydrogens is 204 g/mol. The second-order valence-corrected chi connectivity index (χ2v) is 3.64. The highest BCUT2D eigenvalue weighted by Gasteiger charge is 2.06. The van der Waals surface area contributed by atoms with E-state index in [2.05, 4.69) is 4.98 Å². The number of carboxylic acid groups (broad SMARTS) is 1. The van der Waals surface area contributed by atoms with Crippen LogP contribution in [0.15, 0.2) is 30.6 Å². The highest BCUT2D eigenvalue weighted by molar-refractivity contribution is 5.87. The van der Waals surface area contributed by atoms with E-state index in [4.69, 9.17) is 5.11 Å². The van der Waals surface area contributed by atoms with Gasteiger partial charge >= 0.3 is 5.97 Å². The summed E-state index contributed by atoms with van der Waals surface area (Å²) in [7, 11) is 0. The first-order valence-electron chi connectivity index (χ1n) is 4.94. The lowest BCUT2D eigenvalue weighted by atomic mass is 10.2. The van der Waals surface area contributed by atoms with Crippen LogP contribution in [0.2, 0.25) is 0 Å². The third-order valence-electron chi connectivity index (χ3n) is 2.64. The Bertz CT molecular complexity index is 526. The van der Waals surface area contributed by atoms with Gasteiger partial charge in [-0.25, -0.2) is 9.78 Å². The minimum atomic E-state index is -0.912. The van der Waals surface area contributed by atoms with E-state index >= 15 is 0 Å². The zero-order valence-corrected chi connectivity index (χ0v) is 9.14. The smallest absolute Gasteiger partial charge is 0.335 e. The molecule has 0 aliphatic heterocycles. The Morgan fingerprint density at radius 2 is 1.88 bits per heavy atom. The van der Waals surface area contributed by atoms with Crippen LogP contribution in [0, 0.1) is 13.8 Å². The van der Waals surface area contributed by atoms with E-state index in [1.54, 1.807) is 30.6 Å². The molecule has 0 spiro atoms. The first-order chi connectivity index (χ1) is 7.59. The fourth-order valence-electron chi connectivity index (χ4n) is 1.52. The first kappa shape index (κ1) is 10.4. The average Bonchev–Trinajstić information content (AvgIpc) is 2.60. The third kappa shape index (κ3) is 1.69. The minimum Gasteiger partial charge on any atom is -0.478 e. The zero-order valence-electron chi connectivity index (χ0n) is 9.14. The van der Waals surface area contributed by atoms with Gasteiger partial charge in [-0.15, -0.1) is 0 Å². The first-order valence-corrected chi connectivity index (χ1v) is 4.94. The number of rotatable bonds is 2. The molecule has 82 valence electrons. The van der Waals surface area contributed by atoms with Crippen molar-refractivity contribution in [3.05, 3.63) is 47.5 Å². The zero-order chi connectivity index (χ0) is 11.7. The van der Waals surface area contributed by atoms with Crippen molar-refractivity contribution >= 4 is 5.97 Å². The second kappa shape index (κ2) is 3.81. The molecule has 1 aromatic heterocycles. The predicted molar refractivity (Wildman–Crippen MR) is 60.0 cm³/mol. The number of aryl methyl sites for hydroxylation is 1. The lowest BCUT2D eigenvalue weighted by Crippen LogP contribution is -1.99. The third-order valence-corrected chi connectivity index (χ3v) is 2.64. The van der Waals surface area contributed by atoms with Gasteiger partial charge in [-0.05, 0) is 38.1 Å². The van der Waals surface area contributed by atoms with Crippen LogP contribution in [0.3, 0.4) is 0 Å². The molecule has 0 atom stereocenters. The molecule has 16 heavy (non-hydrogen) atoms. The van der Waals surface area contributed by atoms with Crippen molar-refractivity contribution in [2.45, 2.75) is 13.8 Å². The van der Waals surface area contributed by atoms with Crippen molar-refractivity contribution < 1.29 is 9.90 Å². The summed E-state index contributed by atoms with van der Waals surface area (Å²) in [5.41, 5.74) is 3.24. The van der Waals surface area contributed by atoms with Gasteiger partial charge in [-0.2, -0.15) is 0 Å². The predicted octanol–water partition coefficient (Wildman–Crippen LogP) is 2.19. The van der Waals surface area contributed by atoms with Gasteiger partial charge in [0.05, 0.1) is 17.6 Å². The molecule has 1 heterocycles. The van der Waals surface area contributed by atoms with Gasteiger partial charge in [-0.3, -0.25) is 0 Å². The normalized spacial score (nSPS) is 10.4. The molecule has 4 nitrogen and oxygen atoms in total. The molecule has 0 saturated heterocycles. The Labute approximate surface area is 93.2 Å². The molecule has 0 aliphatic carbocycles. The van der Waals surface area contributed by atoms with Crippen molar-refractivity contribution in [2.75, 3.05) is 0 Å². The monoisotopic (exact) mass is 216 g/mol. The van der Waals surface area contributed by atoms with Gasteiger partial charge in [0, 0.05) is 11.4 Å². The molecule has 4 heteroatoms. The summed E-state index contributed by atoms with van der Waals surface area (Å²) < 4.78 is 1.93. The maximum absolute atomic E-state index is 10.7. The van der Waals surface area contributed by atoms with Crippen LogP contribution in [0.4, 0.5) is 0 Å². The van der Waals surface area contributed by atoms with Crippen LogP contribution in [0.1, 0.15) is 21.7 Å². The number of hydrogen-bond donors (Lipinski definition) is 1. The van der Waals surface area contributed by atoms with Gasteiger partial charge in [0.25, 0.3) is 0 Å². The standard InChI is InChI=1S/C12H12N2O2/c1-8-9(2)14(7-13-8)11-5-3-10(4-6-11)12(15)16/h3-7H,1-2H3,(H,15,16). The van der Waals surface area contributed by atoms with Crippen LogP contribution in [0.25, 0.3) is 5.69 Å². The number of aromatic carboxylic acids is 1. The Kier molecular flexibility index (Phi) is 2.48. The molecule has 0 radical (unpaired) electrons. The Morgan fingerprint density at radius 3 is 2.31 bits per heavy atom. The fourth-order valence-corrected chi connectivity index (χ4v) is 1.52. The van der Waals surface area contributed by atoms with Crippen LogP contribution in [0.5, 0.6) is 0 Å². The van der Waals surface area contributed by atoms with Crippen LogP contribution in [-0.4, -0.2) is 20.6 Å². The average molecular weight is 216 g/mol. The SMILES string of the molecule is Cc1ncn(-c2ccc(C(=O)O)cc2)c1C. The number of hydrogen-bond acceptors (Lipinski definition) is 2. The van der Waals surface area contributed by atoms with Gasteiger partial charge in [0.2, 0.25) is 0 Å². The number of aromatic nitrogens is 2. The van der Waals surface area contributed by atoms with Gasteiger partial charge in [-0.1, -0.05) is 0 Å². The lowest BCUT2D eigenvalue weighted by molar-refractivity contribution is 0.0697. The van der Waals surface area contributed by atoms with E-state index in [1.165, 1.54) is 0 Å². The lowest BCUT2D eigenvalue weighted by Gasteiger charge is -2.05. The number of carboxylic acids is 1. The van der Waals surface area contributed by atoms with Crippen molar-refractivity contribution in [3.8, 4) is 5.69 Å². The summed E-state index contributed by atoms with van der Waals surface area (Å²) >= 11 is 0. The van der Waals surface area contributed by atoms with Crippen LogP contribution >= 0.6 is 0 Å². The molecule has 0 saturated carbocycles. The van der Waals surface area contributed by atoms with E-state index in [9.17, 15) is 4.79 Å². The topological polar surface area (TPSA) is 55.1 Å². The summed E-state index contributed by atoms with van der Waals surface area (Å²) in [6.07, 6.45) is 1.74.